The number of nitrogens with zero attached hydrogens (tertiary/aromatic N) is 3. The van der Waals surface area contributed by atoms with Crippen LogP contribution < -0.4 is 0 Å². The van der Waals surface area contributed by atoms with Crippen molar-refractivity contribution in [3.05, 3.63) is 11.6 Å². The lowest BCUT2D eigenvalue weighted by molar-refractivity contribution is -0.138. The van der Waals surface area contributed by atoms with Gasteiger partial charge in [0.1, 0.15) is 5.82 Å². The number of H-pyrrole nitrogens is 1. The SMILES string of the molecule is Cc1nc([C@@H]2CC(F)(F)CN2C(=O)C2CCCCC2)n[nH]1. The molecule has 1 N–H and O–H groups in total. The Bertz CT molecular complexity index is 525. The molecule has 0 spiro atoms. The van der Waals surface area contributed by atoms with Crippen LogP contribution in [-0.2, 0) is 4.79 Å². The van der Waals surface area contributed by atoms with E-state index < -0.39 is 18.5 Å². The number of aromatic nitrogens is 3. The second-order valence-electron chi connectivity index (χ2n) is 6.16. The molecule has 2 aliphatic rings. The van der Waals surface area contributed by atoms with E-state index in [-0.39, 0.29) is 18.2 Å². The molecular formula is C14H20F2N4O. The fourth-order valence-corrected chi connectivity index (χ4v) is 3.37. The molecule has 1 aromatic rings. The van der Waals surface area contributed by atoms with Gasteiger partial charge in [-0.15, -0.1) is 0 Å². The standard InChI is InChI=1S/C14H20F2N4O/c1-9-17-12(19-18-9)11-7-14(15,16)8-20(11)13(21)10-5-3-2-4-6-10/h10-11H,2-8H2,1H3,(H,17,18,19)/t11-/m0/s1. The Labute approximate surface area is 122 Å². The summed E-state index contributed by atoms with van der Waals surface area (Å²) in [7, 11) is 0. The molecule has 7 heteroatoms. The summed E-state index contributed by atoms with van der Waals surface area (Å²) in [5, 5.41) is 6.65. The molecule has 1 saturated heterocycles. The Balaban J connectivity index is 1.82. The largest absolute Gasteiger partial charge is 0.326 e. The normalized spacial score (nSPS) is 26.2. The van der Waals surface area contributed by atoms with Crippen molar-refractivity contribution < 1.29 is 13.6 Å². The van der Waals surface area contributed by atoms with Gasteiger partial charge in [0.25, 0.3) is 5.92 Å². The number of alkyl halides is 2. The summed E-state index contributed by atoms with van der Waals surface area (Å²) in [5.74, 6) is -2.25. The minimum atomic E-state index is -2.86. The van der Waals surface area contributed by atoms with Gasteiger partial charge in [0.15, 0.2) is 5.82 Å². The Kier molecular flexibility index (Phi) is 3.67. The maximum Gasteiger partial charge on any atom is 0.267 e. The van der Waals surface area contributed by atoms with Gasteiger partial charge in [0, 0.05) is 12.3 Å². The number of amides is 1. The molecule has 116 valence electrons. The number of rotatable bonds is 2. The molecule has 0 bridgehead atoms. The highest BCUT2D eigenvalue weighted by molar-refractivity contribution is 5.79. The van der Waals surface area contributed by atoms with E-state index in [1.54, 1.807) is 6.92 Å². The average Bonchev–Trinajstić information content (AvgIpc) is 3.02. The summed E-state index contributed by atoms with van der Waals surface area (Å²) in [6.07, 6.45) is 4.36. The first kappa shape index (κ1) is 14.4. The van der Waals surface area contributed by atoms with Crippen molar-refractivity contribution in [2.45, 2.75) is 57.4 Å². The minimum Gasteiger partial charge on any atom is -0.326 e. The Morgan fingerprint density at radius 2 is 2.05 bits per heavy atom. The van der Waals surface area contributed by atoms with E-state index in [2.05, 4.69) is 15.2 Å². The quantitative estimate of drug-likeness (QED) is 0.913. The predicted octanol–water partition coefficient (Wildman–Crippen LogP) is 2.60. The van der Waals surface area contributed by atoms with Crippen molar-refractivity contribution >= 4 is 5.91 Å². The van der Waals surface area contributed by atoms with Gasteiger partial charge in [0.2, 0.25) is 5.91 Å². The van der Waals surface area contributed by atoms with E-state index in [0.717, 1.165) is 32.1 Å². The zero-order valence-electron chi connectivity index (χ0n) is 12.1. The number of likely N-dealkylation sites (tertiary alicyclic amines) is 1. The highest BCUT2D eigenvalue weighted by Crippen LogP contribution is 2.41. The van der Waals surface area contributed by atoms with E-state index in [0.29, 0.717) is 11.6 Å². The molecule has 2 heterocycles. The number of aromatic amines is 1. The molecule has 0 aromatic carbocycles. The molecule has 1 saturated carbocycles. The van der Waals surface area contributed by atoms with E-state index in [1.807, 2.05) is 0 Å². The van der Waals surface area contributed by atoms with Crippen LogP contribution >= 0.6 is 0 Å². The lowest BCUT2D eigenvalue weighted by Gasteiger charge is -2.29. The summed E-state index contributed by atoms with van der Waals surface area (Å²) in [5.41, 5.74) is 0. The third-order valence-electron chi connectivity index (χ3n) is 4.42. The van der Waals surface area contributed by atoms with Crippen LogP contribution in [0.4, 0.5) is 8.78 Å². The van der Waals surface area contributed by atoms with Crippen molar-refractivity contribution in [3.8, 4) is 0 Å². The van der Waals surface area contributed by atoms with Crippen molar-refractivity contribution in [2.75, 3.05) is 6.54 Å². The summed E-state index contributed by atoms with van der Waals surface area (Å²) in [4.78, 5) is 18.1. The predicted molar refractivity (Wildman–Crippen MR) is 71.7 cm³/mol. The molecule has 1 aliphatic carbocycles. The topological polar surface area (TPSA) is 61.9 Å². The maximum atomic E-state index is 13.8. The Morgan fingerprint density at radius 3 is 2.67 bits per heavy atom. The molecule has 1 aliphatic heterocycles. The van der Waals surface area contributed by atoms with Crippen LogP contribution in [-0.4, -0.2) is 38.5 Å². The van der Waals surface area contributed by atoms with Crippen LogP contribution in [0.5, 0.6) is 0 Å². The smallest absolute Gasteiger partial charge is 0.267 e. The molecule has 1 amide bonds. The van der Waals surface area contributed by atoms with E-state index in [9.17, 15) is 13.6 Å². The van der Waals surface area contributed by atoms with Crippen LogP contribution in [0.25, 0.3) is 0 Å². The molecule has 0 unspecified atom stereocenters. The first-order valence-electron chi connectivity index (χ1n) is 7.53. The lowest BCUT2D eigenvalue weighted by Crippen LogP contribution is -2.38. The number of hydrogen-bond donors (Lipinski definition) is 1. The zero-order valence-corrected chi connectivity index (χ0v) is 12.1. The van der Waals surface area contributed by atoms with Gasteiger partial charge in [-0.1, -0.05) is 19.3 Å². The van der Waals surface area contributed by atoms with E-state index in [1.165, 1.54) is 4.90 Å². The van der Waals surface area contributed by atoms with Gasteiger partial charge in [-0.2, -0.15) is 5.10 Å². The Morgan fingerprint density at radius 1 is 1.33 bits per heavy atom. The van der Waals surface area contributed by atoms with Crippen LogP contribution in [0.15, 0.2) is 0 Å². The third-order valence-corrected chi connectivity index (χ3v) is 4.42. The molecule has 5 nitrogen and oxygen atoms in total. The van der Waals surface area contributed by atoms with E-state index >= 15 is 0 Å². The summed E-state index contributed by atoms with van der Waals surface area (Å²) < 4.78 is 27.6. The van der Waals surface area contributed by atoms with Crippen molar-refractivity contribution in [2.24, 2.45) is 5.92 Å². The second kappa shape index (κ2) is 5.35. The number of carbonyl (C=O) groups is 1. The fraction of sp³-hybridized carbons (Fsp3) is 0.786. The van der Waals surface area contributed by atoms with Gasteiger partial charge < -0.3 is 4.90 Å². The van der Waals surface area contributed by atoms with Crippen LogP contribution in [0, 0.1) is 12.8 Å². The van der Waals surface area contributed by atoms with Crippen LogP contribution in [0.2, 0.25) is 0 Å². The van der Waals surface area contributed by atoms with Gasteiger partial charge in [0.05, 0.1) is 12.6 Å². The molecular weight excluding hydrogens is 278 g/mol. The van der Waals surface area contributed by atoms with Gasteiger partial charge in [-0.3, -0.25) is 9.89 Å². The average molecular weight is 298 g/mol. The third kappa shape index (κ3) is 2.91. The molecule has 2 fully saturated rings. The first-order valence-corrected chi connectivity index (χ1v) is 7.53. The van der Waals surface area contributed by atoms with Gasteiger partial charge >= 0.3 is 0 Å². The lowest BCUT2D eigenvalue weighted by atomic mass is 9.88. The number of hydrogen-bond acceptors (Lipinski definition) is 3. The summed E-state index contributed by atoms with van der Waals surface area (Å²) in [6, 6.07) is -0.709. The van der Waals surface area contributed by atoms with Crippen LogP contribution in [0.1, 0.15) is 56.2 Å². The monoisotopic (exact) mass is 298 g/mol. The number of nitrogens with one attached hydrogen (secondary N) is 1. The van der Waals surface area contributed by atoms with Gasteiger partial charge in [-0.05, 0) is 19.8 Å². The molecule has 1 aromatic heterocycles. The van der Waals surface area contributed by atoms with Crippen molar-refractivity contribution in [1.82, 2.24) is 20.1 Å². The van der Waals surface area contributed by atoms with E-state index in [4.69, 9.17) is 0 Å². The highest BCUT2D eigenvalue weighted by Gasteiger charge is 2.50. The molecule has 0 radical (unpaired) electrons. The van der Waals surface area contributed by atoms with Gasteiger partial charge in [-0.25, -0.2) is 13.8 Å². The maximum absolute atomic E-state index is 13.8. The number of carbonyl (C=O) groups excluding carboxylic acids is 1. The molecule has 3 rings (SSSR count). The van der Waals surface area contributed by atoms with Crippen LogP contribution in [0.3, 0.4) is 0 Å². The number of halogens is 2. The first-order chi connectivity index (χ1) is 9.96. The fourth-order valence-electron chi connectivity index (χ4n) is 3.37. The summed E-state index contributed by atoms with van der Waals surface area (Å²) in [6.45, 7) is 1.21. The van der Waals surface area contributed by atoms with Crippen molar-refractivity contribution in [1.29, 1.82) is 0 Å². The minimum absolute atomic E-state index is 0.116. The highest BCUT2D eigenvalue weighted by atomic mass is 19.3. The zero-order chi connectivity index (χ0) is 15.0. The number of aryl methyl sites for hydroxylation is 1. The summed E-state index contributed by atoms with van der Waals surface area (Å²) >= 11 is 0. The molecule has 1 atom stereocenters. The Hall–Kier alpha value is -1.53. The molecule has 21 heavy (non-hydrogen) atoms. The second-order valence-corrected chi connectivity index (χ2v) is 6.16. The van der Waals surface area contributed by atoms with Crippen molar-refractivity contribution in [3.63, 3.8) is 0 Å².